The van der Waals surface area contributed by atoms with Gasteiger partial charge in [-0.05, 0) is 63.2 Å². The van der Waals surface area contributed by atoms with E-state index in [-0.39, 0.29) is 24.6 Å². The summed E-state index contributed by atoms with van der Waals surface area (Å²) in [6.07, 6.45) is 1.52. The molecule has 2 aromatic heterocycles. The molecule has 0 saturated heterocycles. The fourth-order valence-electron chi connectivity index (χ4n) is 2.81. The molecule has 0 aliphatic carbocycles. The molecule has 3 rings (SSSR count). The lowest BCUT2D eigenvalue weighted by Gasteiger charge is -2.25. The molecular weight excluding hydrogens is 386 g/mol. The Morgan fingerprint density at radius 1 is 1.10 bits per heavy atom. The van der Waals surface area contributed by atoms with Gasteiger partial charge in [0.05, 0.1) is 19.4 Å². The minimum Gasteiger partial charge on any atom is -0.494 e. The van der Waals surface area contributed by atoms with E-state index < -0.39 is 5.54 Å². The van der Waals surface area contributed by atoms with E-state index in [1.54, 1.807) is 44.2 Å². The van der Waals surface area contributed by atoms with Crippen molar-refractivity contribution in [1.82, 2.24) is 15.1 Å². The number of aromatic nitrogens is 2. The van der Waals surface area contributed by atoms with Crippen molar-refractivity contribution in [3.8, 4) is 23.0 Å². The maximum absolute atomic E-state index is 12.7. The number of hydrogen-bond donors (Lipinski definition) is 1. The van der Waals surface area contributed by atoms with Crippen molar-refractivity contribution in [2.45, 2.75) is 26.3 Å². The zero-order chi connectivity index (χ0) is 21.6. The van der Waals surface area contributed by atoms with E-state index in [9.17, 15) is 9.59 Å². The first-order chi connectivity index (χ1) is 14.4. The Morgan fingerprint density at radius 2 is 1.80 bits per heavy atom. The number of hydrogen-bond acceptors (Lipinski definition) is 6. The highest BCUT2D eigenvalue weighted by Crippen LogP contribution is 2.19. The molecule has 1 aromatic carbocycles. The van der Waals surface area contributed by atoms with Gasteiger partial charge in [-0.3, -0.25) is 9.59 Å². The van der Waals surface area contributed by atoms with Crippen LogP contribution in [0.2, 0.25) is 0 Å². The third kappa shape index (κ3) is 4.89. The van der Waals surface area contributed by atoms with E-state index in [4.69, 9.17) is 13.9 Å². The molecule has 8 heteroatoms. The molecule has 0 aliphatic heterocycles. The first-order valence-corrected chi connectivity index (χ1v) is 9.70. The number of benzene rings is 1. The van der Waals surface area contributed by atoms with Gasteiger partial charge in [-0.25, -0.2) is 4.68 Å². The number of ether oxygens (including phenoxy) is 2. The van der Waals surface area contributed by atoms with Crippen LogP contribution in [0.1, 0.15) is 20.8 Å². The fourth-order valence-corrected chi connectivity index (χ4v) is 2.81. The Labute approximate surface area is 174 Å². The monoisotopic (exact) mass is 411 g/mol. The highest BCUT2D eigenvalue weighted by atomic mass is 16.5. The molecule has 0 fully saturated rings. The molecular formula is C22H25N3O5. The van der Waals surface area contributed by atoms with Crippen molar-refractivity contribution >= 4 is 5.91 Å². The molecule has 0 saturated carbocycles. The van der Waals surface area contributed by atoms with Crippen molar-refractivity contribution in [3.63, 3.8) is 0 Å². The van der Waals surface area contributed by atoms with E-state index >= 15 is 0 Å². The van der Waals surface area contributed by atoms with Crippen LogP contribution >= 0.6 is 0 Å². The van der Waals surface area contributed by atoms with Crippen molar-refractivity contribution in [3.05, 3.63) is 65.1 Å². The molecule has 0 spiro atoms. The standard InChI is InChI=1S/C22H25N3O5/c1-4-28-16-7-9-17(10-8-16)29-15-13-23-21(27)22(2,3)25-20(26)12-11-18(24-25)19-6-5-14-30-19/h5-12,14H,4,13,15H2,1-3H3,(H,23,27). The molecule has 0 atom stereocenters. The van der Waals surface area contributed by atoms with Gasteiger partial charge in [-0.1, -0.05) is 0 Å². The molecule has 3 aromatic rings. The molecule has 1 N–H and O–H groups in total. The van der Waals surface area contributed by atoms with E-state index in [2.05, 4.69) is 10.4 Å². The van der Waals surface area contributed by atoms with E-state index in [0.29, 0.717) is 23.8 Å². The van der Waals surface area contributed by atoms with Crippen LogP contribution in [-0.2, 0) is 10.3 Å². The molecule has 0 radical (unpaired) electrons. The van der Waals surface area contributed by atoms with Gasteiger partial charge in [0, 0.05) is 6.07 Å². The van der Waals surface area contributed by atoms with Gasteiger partial charge in [0.1, 0.15) is 29.3 Å². The van der Waals surface area contributed by atoms with Crippen LogP contribution < -0.4 is 20.3 Å². The second-order valence-electron chi connectivity index (χ2n) is 7.01. The summed E-state index contributed by atoms with van der Waals surface area (Å²) in [6, 6.07) is 13.7. The topological polar surface area (TPSA) is 95.6 Å². The minimum absolute atomic E-state index is 0.280. The lowest BCUT2D eigenvalue weighted by molar-refractivity contribution is -0.129. The summed E-state index contributed by atoms with van der Waals surface area (Å²) in [5.41, 5.74) is -1.10. The average molecular weight is 411 g/mol. The third-order valence-electron chi connectivity index (χ3n) is 4.45. The number of carbonyl (C=O) groups excluding carboxylic acids is 1. The number of nitrogens with one attached hydrogen (secondary N) is 1. The van der Waals surface area contributed by atoms with Crippen LogP contribution in [0.5, 0.6) is 11.5 Å². The molecule has 0 aliphatic rings. The Balaban J connectivity index is 1.59. The molecule has 0 unspecified atom stereocenters. The van der Waals surface area contributed by atoms with E-state index in [0.717, 1.165) is 10.4 Å². The van der Waals surface area contributed by atoms with Crippen molar-refractivity contribution in [1.29, 1.82) is 0 Å². The van der Waals surface area contributed by atoms with Gasteiger partial charge in [0.2, 0.25) is 5.91 Å². The van der Waals surface area contributed by atoms with Gasteiger partial charge in [-0.15, -0.1) is 0 Å². The zero-order valence-corrected chi connectivity index (χ0v) is 17.3. The Kier molecular flexibility index (Phi) is 6.56. The summed E-state index contributed by atoms with van der Waals surface area (Å²) in [6.45, 7) is 6.36. The second-order valence-corrected chi connectivity index (χ2v) is 7.01. The molecule has 158 valence electrons. The minimum atomic E-state index is -1.20. The number of furan rings is 1. The second kappa shape index (κ2) is 9.30. The number of rotatable bonds is 9. The fraction of sp³-hybridized carbons (Fsp3) is 0.318. The van der Waals surface area contributed by atoms with E-state index in [1.165, 1.54) is 12.3 Å². The largest absolute Gasteiger partial charge is 0.494 e. The van der Waals surface area contributed by atoms with Crippen molar-refractivity contribution < 1.29 is 18.7 Å². The maximum Gasteiger partial charge on any atom is 0.267 e. The summed E-state index contributed by atoms with van der Waals surface area (Å²) in [5, 5.41) is 7.11. The van der Waals surface area contributed by atoms with Gasteiger partial charge in [0.25, 0.3) is 5.56 Å². The predicted octanol–water partition coefficient (Wildman–Crippen LogP) is 2.83. The lowest BCUT2D eigenvalue weighted by atomic mass is 10.0. The normalized spacial score (nSPS) is 11.2. The van der Waals surface area contributed by atoms with Crippen LogP contribution in [0, 0.1) is 0 Å². The first-order valence-electron chi connectivity index (χ1n) is 9.70. The van der Waals surface area contributed by atoms with Gasteiger partial charge in [0.15, 0.2) is 5.76 Å². The molecule has 8 nitrogen and oxygen atoms in total. The first kappa shape index (κ1) is 21.2. The van der Waals surface area contributed by atoms with Crippen LogP contribution in [0.3, 0.4) is 0 Å². The molecule has 30 heavy (non-hydrogen) atoms. The highest BCUT2D eigenvalue weighted by molar-refractivity contribution is 5.83. The zero-order valence-electron chi connectivity index (χ0n) is 17.3. The third-order valence-corrected chi connectivity index (χ3v) is 4.45. The molecule has 2 heterocycles. The number of nitrogens with zero attached hydrogens (tertiary/aromatic N) is 2. The van der Waals surface area contributed by atoms with Crippen LogP contribution in [0.4, 0.5) is 0 Å². The molecule has 1 amide bonds. The van der Waals surface area contributed by atoms with Gasteiger partial charge in [-0.2, -0.15) is 5.10 Å². The number of amides is 1. The summed E-state index contributed by atoms with van der Waals surface area (Å²) < 4.78 is 17.5. The van der Waals surface area contributed by atoms with Crippen LogP contribution in [-0.4, -0.2) is 35.4 Å². The summed E-state index contributed by atoms with van der Waals surface area (Å²) >= 11 is 0. The quantitative estimate of drug-likeness (QED) is 0.544. The van der Waals surface area contributed by atoms with Crippen molar-refractivity contribution in [2.75, 3.05) is 19.8 Å². The van der Waals surface area contributed by atoms with Crippen molar-refractivity contribution in [2.24, 2.45) is 0 Å². The number of carbonyl (C=O) groups is 1. The summed E-state index contributed by atoms with van der Waals surface area (Å²) in [5.74, 6) is 1.62. The summed E-state index contributed by atoms with van der Waals surface area (Å²) in [4.78, 5) is 25.1. The smallest absolute Gasteiger partial charge is 0.267 e. The summed E-state index contributed by atoms with van der Waals surface area (Å²) in [7, 11) is 0. The predicted molar refractivity (Wildman–Crippen MR) is 112 cm³/mol. The SMILES string of the molecule is CCOc1ccc(OCCNC(=O)C(C)(C)n2nc(-c3ccco3)ccc2=O)cc1. The Hall–Kier alpha value is -3.55. The molecule has 0 bridgehead atoms. The highest BCUT2D eigenvalue weighted by Gasteiger charge is 2.32. The van der Waals surface area contributed by atoms with Crippen LogP contribution in [0.15, 0.2) is 64.0 Å². The van der Waals surface area contributed by atoms with Gasteiger partial charge < -0.3 is 19.2 Å². The Bertz CT molecular complexity index is 1020. The lowest BCUT2D eigenvalue weighted by Crippen LogP contribution is -2.50. The maximum atomic E-state index is 12.7. The van der Waals surface area contributed by atoms with Crippen LogP contribution in [0.25, 0.3) is 11.5 Å². The average Bonchev–Trinajstić information content (AvgIpc) is 3.27. The van der Waals surface area contributed by atoms with E-state index in [1.807, 2.05) is 19.1 Å². The Morgan fingerprint density at radius 3 is 2.43 bits per heavy atom. The van der Waals surface area contributed by atoms with Gasteiger partial charge >= 0.3 is 0 Å².